The zero-order chi connectivity index (χ0) is 19.8. The van der Waals surface area contributed by atoms with Crippen LogP contribution < -0.4 is 0 Å². The van der Waals surface area contributed by atoms with Gasteiger partial charge in [-0.25, -0.2) is 4.79 Å². The van der Waals surface area contributed by atoms with E-state index in [1.165, 1.54) is 18.4 Å². The van der Waals surface area contributed by atoms with Crippen molar-refractivity contribution in [1.29, 1.82) is 0 Å². The van der Waals surface area contributed by atoms with Gasteiger partial charge in [-0.1, -0.05) is 13.3 Å². The number of H-pyrrole nitrogens is 1. The van der Waals surface area contributed by atoms with Gasteiger partial charge in [-0.05, 0) is 48.4 Å². The van der Waals surface area contributed by atoms with Gasteiger partial charge >= 0.3 is 5.97 Å². The Bertz CT molecular complexity index is 917. The number of aromatic nitrogens is 1. The summed E-state index contributed by atoms with van der Waals surface area (Å²) in [6.45, 7) is 4.12. The highest BCUT2D eigenvalue weighted by Gasteiger charge is 2.42. The Hall–Kier alpha value is -2.47. The smallest absolute Gasteiger partial charge is 0.337 e. The lowest BCUT2D eigenvalue weighted by Gasteiger charge is -2.46. The van der Waals surface area contributed by atoms with Crippen LogP contribution in [0.2, 0.25) is 0 Å². The number of ether oxygens (including phenoxy) is 2. The van der Waals surface area contributed by atoms with Crippen LogP contribution in [-0.2, 0) is 20.7 Å². The molecule has 3 heterocycles. The lowest BCUT2D eigenvalue weighted by atomic mass is 9.74. The third-order valence-corrected chi connectivity index (χ3v) is 6.45. The van der Waals surface area contributed by atoms with Gasteiger partial charge in [0.2, 0.25) is 0 Å². The van der Waals surface area contributed by atoms with Crippen molar-refractivity contribution in [3.8, 4) is 5.75 Å². The van der Waals surface area contributed by atoms with Gasteiger partial charge < -0.3 is 19.6 Å². The molecule has 2 aliphatic rings. The Morgan fingerprint density at radius 1 is 1.39 bits per heavy atom. The van der Waals surface area contributed by atoms with E-state index in [1.807, 2.05) is 12.1 Å². The van der Waals surface area contributed by atoms with Crippen LogP contribution in [-0.4, -0.2) is 48.3 Å². The lowest BCUT2D eigenvalue weighted by Crippen LogP contribution is -2.47. The predicted octanol–water partition coefficient (Wildman–Crippen LogP) is 3.52. The number of hydrogen-bond acceptors (Lipinski definition) is 5. The molecule has 2 N–H and O–H groups in total. The van der Waals surface area contributed by atoms with E-state index in [-0.39, 0.29) is 17.9 Å². The van der Waals surface area contributed by atoms with Gasteiger partial charge in [0.25, 0.3) is 0 Å². The van der Waals surface area contributed by atoms with Crippen LogP contribution in [0.1, 0.15) is 37.1 Å². The first-order valence-electron chi connectivity index (χ1n) is 9.96. The Labute approximate surface area is 165 Å². The van der Waals surface area contributed by atoms with Crippen LogP contribution >= 0.6 is 0 Å². The molecular weight excluding hydrogens is 356 g/mol. The molecule has 3 unspecified atom stereocenters. The standard InChI is InChI=1S/C22H28N2O4/c1-4-13-11-24-8-7-15-17-9-14(25)5-6-19(17)23-21(15)20(24)10-16(13)18(12-27-2)22(26)28-3/h5-6,9,12-13,16,20,23,25H,4,7-8,10-11H2,1-3H3. The molecule has 0 aliphatic carbocycles. The Morgan fingerprint density at radius 3 is 2.93 bits per heavy atom. The van der Waals surface area contributed by atoms with Gasteiger partial charge in [-0.15, -0.1) is 0 Å². The molecule has 0 saturated carbocycles. The van der Waals surface area contributed by atoms with Gasteiger partial charge in [0, 0.05) is 29.7 Å². The molecule has 1 fully saturated rings. The van der Waals surface area contributed by atoms with E-state index in [0.717, 1.165) is 43.3 Å². The van der Waals surface area contributed by atoms with E-state index in [0.29, 0.717) is 17.2 Å². The number of phenolic OH excluding ortho intramolecular Hbond substituents is 1. The molecule has 0 spiro atoms. The number of piperidine rings is 1. The predicted molar refractivity (Wildman–Crippen MR) is 107 cm³/mol. The lowest BCUT2D eigenvalue weighted by molar-refractivity contribution is -0.137. The quantitative estimate of drug-likeness (QED) is 0.479. The third kappa shape index (κ3) is 3.05. The molecule has 3 atom stereocenters. The second-order valence-electron chi connectivity index (χ2n) is 7.82. The van der Waals surface area contributed by atoms with E-state index in [2.05, 4.69) is 16.8 Å². The number of benzene rings is 1. The molecule has 150 valence electrons. The number of carbonyl (C=O) groups excluding carboxylic acids is 1. The normalized spacial score (nSPS) is 25.2. The molecule has 6 heteroatoms. The van der Waals surface area contributed by atoms with E-state index in [4.69, 9.17) is 9.47 Å². The van der Waals surface area contributed by atoms with Crippen LogP contribution in [0.25, 0.3) is 10.9 Å². The number of aromatic amines is 1. The highest BCUT2D eigenvalue weighted by atomic mass is 16.5. The van der Waals surface area contributed by atoms with Crippen molar-refractivity contribution in [3.63, 3.8) is 0 Å². The van der Waals surface area contributed by atoms with E-state index in [1.54, 1.807) is 19.4 Å². The molecule has 2 aliphatic heterocycles. The van der Waals surface area contributed by atoms with E-state index >= 15 is 0 Å². The summed E-state index contributed by atoms with van der Waals surface area (Å²) < 4.78 is 10.3. The molecule has 2 aromatic rings. The summed E-state index contributed by atoms with van der Waals surface area (Å²) in [5.74, 6) is 0.452. The number of nitrogens with one attached hydrogen (secondary N) is 1. The topological polar surface area (TPSA) is 74.8 Å². The van der Waals surface area contributed by atoms with Crippen LogP contribution in [0, 0.1) is 11.8 Å². The van der Waals surface area contributed by atoms with Crippen LogP contribution in [0.5, 0.6) is 5.75 Å². The summed E-state index contributed by atoms with van der Waals surface area (Å²) in [5, 5.41) is 11.0. The van der Waals surface area contributed by atoms with E-state index in [9.17, 15) is 9.90 Å². The average molecular weight is 384 g/mol. The fraction of sp³-hybridized carbons (Fsp3) is 0.500. The highest BCUT2D eigenvalue weighted by Crippen LogP contribution is 2.46. The summed E-state index contributed by atoms with van der Waals surface area (Å²) in [6.07, 6.45) is 4.37. The molecule has 0 bridgehead atoms. The first-order valence-corrected chi connectivity index (χ1v) is 9.96. The van der Waals surface area contributed by atoms with E-state index < -0.39 is 0 Å². The van der Waals surface area contributed by atoms with Crippen molar-refractivity contribution in [2.75, 3.05) is 27.3 Å². The minimum absolute atomic E-state index is 0.0874. The average Bonchev–Trinajstić information content (AvgIpc) is 3.08. The number of esters is 1. The first-order chi connectivity index (χ1) is 13.6. The van der Waals surface area contributed by atoms with Crippen molar-refractivity contribution in [3.05, 3.63) is 41.3 Å². The minimum atomic E-state index is -0.309. The van der Waals surface area contributed by atoms with Gasteiger partial charge in [0.15, 0.2) is 0 Å². The summed E-state index contributed by atoms with van der Waals surface area (Å²) in [7, 11) is 2.99. The van der Waals surface area contributed by atoms with Crippen molar-refractivity contribution >= 4 is 16.9 Å². The number of rotatable bonds is 4. The molecule has 28 heavy (non-hydrogen) atoms. The molecule has 1 aromatic carbocycles. The number of phenols is 1. The first kappa shape index (κ1) is 18.9. The summed E-state index contributed by atoms with van der Waals surface area (Å²) in [6, 6.07) is 5.72. The molecule has 4 rings (SSSR count). The molecule has 6 nitrogen and oxygen atoms in total. The monoisotopic (exact) mass is 384 g/mol. The van der Waals surface area contributed by atoms with Gasteiger partial charge in [0.05, 0.1) is 32.1 Å². The third-order valence-electron chi connectivity index (χ3n) is 6.45. The molecule has 0 amide bonds. The Kier molecular flexibility index (Phi) is 5.06. The van der Waals surface area contributed by atoms with Crippen molar-refractivity contribution < 1.29 is 19.4 Å². The number of aromatic hydroxyl groups is 1. The highest BCUT2D eigenvalue weighted by molar-refractivity contribution is 5.89. The molecule has 0 radical (unpaired) electrons. The Balaban J connectivity index is 1.74. The second-order valence-corrected chi connectivity index (χ2v) is 7.82. The summed E-state index contributed by atoms with van der Waals surface area (Å²) in [4.78, 5) is 18.5. The maximum absolute atomic E-state index is 12.4. The molecular formula is C22H28N2O4. The van der Waals surface area contributed by atoms with Crippen LogP contribution in [0.3, 0.4) is 0 Å². The number of carbonyl (C=O) groups is 1. The summed E-state index contributed by atoms with van der Waals surface area (Å²) >= 11 is 0. The van der Waals surface area contributed by atoms with Crippen molar-refractivity contribution in [2.45, 2.75) is 32.2 Å². The zero-order valence-corrected chi connectivity index (χ0v) is 16.7. The Morgan fingerprint density at radius 2 is 2.21 bits per heavy atom. The maximum Gasteiger partial charge on any atom is 0.337 e. The summed E-state index contributed by atoms with van der Waals surface area (Å²) in [5.41, 5.74) is 4.18. The number of nitrogens with zero attached hydrogens (tertiary/aromatic N) is 1. The van der Waals surface area contributed by atoms with Gasteiger partial charge in [0.1, 0.15) is 5.75 Å². The SMILES string of the molecule is CCC1CN2CCc3c([nH]c4ccc(O)cc34)C2CC1C(=COC)C(=O)OC. The number of methoxy groups -OCH3 is 2. The van der Waals surface area contributed by atoms with Crippen molar-refractivity contribution in [2.24, 2.45) is 11.8 Å². The van der Waals surface area contributed by atoms with Crippen LogP contribution in [0.4, 0.5) is 0 Å². The maximum atomic E-state index is 12.4. The van der Waals surface area contributed by atoms with Crippen LogP contribution in [0.15, 0.2) is 30.0 Å². The number of fused-ring (bicyclic) bond motifs is 5. The fourth-order valence-corrected chi connectivity index (χ4v) is 5.08. The number of hydrogen-bond donors (Lipinski definition) is 2. The van der Waals surface area contributed by atoms with Gasteiger partial charge in [-0.2, -0.15) is 0 Å². The molecule has 1 aromatic heterocycles. The fourth-order valence-electron chi connectivity index (χ4n) is 5.08. The largest absolute Gasteiger partial charge is 0.508 e. The second kappa shape index (κ2) is 7.51. The van der Waals surface area contributed by atoms with Gasteiger partial charge in [-0.3, -0.25) is 4.90 Å². The molecule has 1 saturated heterocycles. The zero-order valence-electron chi connectivity index (χ0n) is 16.7. The minimum Gasteiger partial charge on any atom is -0.508 e. The van der Waals surface area contributed by atoms with Crippen molar-refractivity contribution in [1.82, 2.24) is 9.88 Å².